The van der Waals surface area contributed by atoms with E-state index in [9.17, 15) is 9.59 Å². The minimum absolute atomic E-state index is 0.0333. The number of amides is 2. The molecule has 2 rings (SSSR count). The lowest BCUT2D eigenvalue weighted by Crippen LogP contribution is -2.52. The number of carboxylic acid groups (broad SMARTS) is 1. The zero-order valence-corrected chi connectivity index (χ0v) is 18.2. The Bertz CT molecular complexity index is 490. The fraction of sp³-hybridized carbons (Fsp3) is 0.895. The molecule has 1 unspecified atom stereocenters. The summed E-state index contributed by atoms with van der Waals surface area (Å²) in [5.74, 6) is 0. The van der Waals surface area contributed by atoms with Crippen LogP contribution < -0.4 is 10.6 Å². The SMILES string of the molecule is CC(C)(C)N(CC1CNCCO1)C(=O)O.CC(C)(C)OC(=O)N1CCNCC1. The van der Waals surface area contributed by atoms with Gasteiger partial charge in [0.05, 0.1) is 19.3 Å². The Kier molecular flexibility index (Phi) is 9.46. The van der Waals surface area contributed by atoms with E-state index in [1.165, 1.54) is 4.90 Å². The van der Waals surface area contributed by atoms with Crippen LogP contribution >= 0.6 is 0 Å². The molecule has 0 saturated carbocycles. The predicted octanol–water partition coefficient (Wildman–Crippen LogP) is 1.58. The lowest BCUT2D eigenvalue weighted by molar-refractivity contribution is -0.00844. The van der Waals surface area contributed by atoms with E-state index in [2.05, 4.69) is 10.6 Å². The zero-order valence-electron chi connectivity index (χ0n) is 18.2. The molecule has 2 fully saturated rings. The Morgan fingerprint density at radius 2 is 1.71 bits per heavy atom. The Morgan fingerprint density at radius 3 is 2.14 bits per heavy atom. The van der Waals surface area contributed by atoms with Crippen molar-refractivity contribution in [2.45, 2.75) is 58.8 Å². The second-order valence-corrected chi connectivity index (χ2v) is 8.98. The van der Waals surface area contributed by atoms with E-state index >= 15 is 0 Å². The van der Waals surface area contributed by atoms with Crippen LogP contribution in [0.1, 0.15) is 41.5 Å². The number of morpholine rings is 1. The van der Waals surface area contributed by atoms with E-state index in [0.29, 0.717) is 13.2 Å². The summed E-state index contributed by atoms with van der Waals surface area (Å²) in [7, 11) is 0. The molecule has 28 heavy (non-hydrogen) atoms. The van der Waals surface area contributed by atoms with Crippen LogP contribution in [0.4, 0.5) is 9.59 Å². The summed E-state index contributed by atoms with van der Waals surface area (Å²) in [4.78, 5) is 25.7. The van der Waals surface area contributed by atoms with Crippen LogP contribution in [0.25, 0.3) is 0 Å². The Hall–Kier alpha value is -1.58. The maximum Gasteiger partial charge on any atom is 0.410 e. The molecule has 0 aliphatic carbocycles. The van der Waals surface area contributed by atoms with Gasteiger partial charge in [-0.2, -0.15) is 0 Å². The minimum Gasteiger partial charge on any atom is -0.465 e. The first kappa shape index (κ1) is 24.5. The molecule has 0 spiro atoms. The molecule has 0 aromatic rings. The van der Waals surface area contributed by atoms with Gasteiger partial charge in [0, 0.05) is 44.8 Å². The summed E-state index contributed by atoms with van der Waals surface area (Å²) in [6, 6.07) is 0. The Balaban J connectivity index is 0.000000283. The largest absolute Gasteiger partial charge is 0.465 e. The van der Waals surface area contributed by atoms with Crippen molar-refractivity contribution < 1.29 is 24.2 Å². The van der Waals surface area contributed by atoms with E-state index in [1.54, 1.807) is 4.90 Å². The highest BCUT2D eigenvalue weighted by molar-refractivity contribution is 5.68. The van der Waals surface area contributed by atoms with Crippen molar-refractivity contribution in [1.82, 2.24) is 20.4 Å². The summed E-state index contributed by atoms with van der Waals surface area (Å²) in [5.41, 5.74) is -0.769. The number of hydrogen-bond donors (Lipinski definition) is 3. The average molecular weight is 403 g/mol. The van der Waals surface area contributed by atoms with Crippen molar-refractivity contribution in [2.75, 3.05) is 52.4 Å². The van der Waals surface area contributed by atoms with E-state index in [-0.39, 0.29) is 23.3 Å². The van der Waals surface area contributed by atoms with Gasteiger partial charge < -0.3 is 35.0 Å². The zero-order chi connectivity index (χ0) is 21.4. The van der Waals surface area contributed by atoms with E-state index < -0.39 is 6.09 Å². The van der Waals surface area contributed by atoms with Crippen molar-refractivity contribution in [3.63, 3.8) is 0 Å². The molecule has 2 aliphatic heterocycles. The first-order chi connectivity index (χ1) is 12.9. The monoisotopic (exact) mass is 402 g/mol. The summed E-state index contributed by atoms with van der Waals surface area (Å²) in [5, 5.41) is 15.5. The Labute approximate surface area is 168 Å². The van der Waals surface area contributed by atoms with Crippen LogP contribution in [-0.4, -0.2) is 96.8 Å². The fourth-order valence-corrected chi connectivity index (χ4v) is 2.75. The highest BCUT2D eigenvalue weighted by atomic mass is 16.6. The number of carbonyl (C=O) groups excluding carboxylic acids is 1. The molecule has 164 valence electrons. The molecule has 0 aromatic carbocycles. The molecule has 9 heteroatoms. The fourth-order valence-electron chi connectivity index (χ4n) is 2.75. The molecule has 0 radical (unpaired) electrons. The van der Waals surface area contributed by atoms with Crippen LogP contribution in [0.15, 0.2) is 0 Å². The normalized spacial score (nSPS) is 20.6. The van der Waals surface area contributed by atoms with E-state index in [0.717, 1.165) is 39.3 Å². The van der Waals surface area contributed by atoms with Gasteiger partial charge in [0.25, 0.3) is 0 Å². The second-order valence-electron chi connectivity index (χ2n) is 8.98. The third-order valence-electron chi connectivity index (χ3n) is 4.20. The van der Waals surface area contributed by atoms with Crippen molar-refractivity contribution in [3.8, 4) is 0 Å². The van der Waals surface area contributed by atoms with Crippen LogP contribution in [0.5, 0.6) is 0 Å². The molecular weight excluding hydrogens is 364 g/mol. The molecule has 1 atom stereocenters. The quantitative estimate of drug-likeness (QED) is 0.644. The maximum absolute atomic E-state index is 11.5. The lowest BCUT2D eigenvalue weighted by atomic mass is 10.1. The van der Waals surface area contributed by atoms with Gasteiger partial charge in [-0.3, -0.25) is 0 Å². The maximum atomic E-state index is 11.5. The number of nitrogens with zero attached hydrogens (tertiary/aromatic N) is 2. The number of hydrogen-bond acceptors (Lipinski definition) is 6. The third-order valence-corrected chi connectivity index (χ3v) is 4.20. The van der Waals surface area contributed by atoms with Crippen molar-refractivity contribution in [2.24, 2.45) is 0 Å². The van der Waals surface area contributed by atoms with Gasteiger partial charge in [-0.25, -0.2) is 9.59 Å². The molecule has 0 aromatic heterocycles. The highest BCUT2D eigenvalue weighted by Crippen LogP contribution is 2.15. The van der Waals surface area contributed by atoms with Crippen LogP contribution in [0.3, 0.4) is 0 Å². The average Bonchev–Trinajstić information content (AvgIpc) is 2.59. The third kappa shape index (κ3) is 9.57. The van der Waals surface area contributed by atoms with Crippen molar-refractivity contribution in [3.05, 3.63) is 0 Å². The van der Waals surface area contributed by atoms with E-state index in [1.807, 2.05) is 41.5 Å². The van der Waals surface area contributed by atoms with Crippen LogP contribution in [0, 0.1) is 0 Å². The Morgan fingerprint density at radius 1 is 1.11 bits per heavy atom. The van der Waals surface area contributed by atoms with Gasteiger partial charge in [-0.05, 0) is 41.5 Å². The first-order valence-corrected chi connectivity index (χ1v) is 9.91. The number of rotatable bonds is 2. The van der Waals surface area contributed by atoms with Gasteiger partial charge in [0.2, 0.25) is 0 Å². The molecule has 2 aliphatic rings. The van der Waals surface area contributed by atoms with Crippen molar-refractivity contribution in [1.29, 1.82) is 0 Å². The van der Waals surface area contributed by atoms with E-state index in [4.69, 9.17) is 14.6 Å². The predicted molar refractivity (Wildman–Crippen MR) is 108 cm³/mol. The number of piperazine rings is 1. The number of ether oxygens (including phenoxy) is 2. The molecule has 2 amide bonds. The summed E-state index contributed by atoms with van der Waals surface area (Å²) in [6.45, 7) is 17.2. The molecular formula is C19H38N4O5. The lowest BCUT2D eigenvalue weighted by Gasteiger charge is -2.36. The molecule has 0 bridgehead atoms. The number of carbonyl (C=O) groups is 2. The highest BCUT2D eigenvalue weighted by Gasteiger charge is 2.29. The second kappa shape index (κ2) is 10.8. The molecule has 3 N–H and O–H groups in total. The standard InChI is InChI=1S/C10H20N2O3.C9H18N2O2/c1-10(2,3)12(9(13)14)7-8-6-11-4-5-15-8;1-9(2,3)13-8(12)11-6-4-10-5-7-11/h8,11H,4-7H2,1-3H3,(H,13,14);10H,4-7H2,1-3H3. The van der Waals surface area contributed by atoms with Gasteiger partial charge in [0.1, 0.15) is 5.60 Å². The minimum atomic E-state index is -0.892. The first-order valence-electron chi connectivity index (χ1n) is 9.91. The van der Waals surface area contributed by atoms with Crippen molar-refractivity contribution >= 4 is 12.2 Å². The van der Waals surface area contributed by atoms with Crippen LogP contribution in [-0.2, 0) is 9.47 Å². The molecule has 2 heterocycles. The molecule has 2 saturated heterocycles. The van der Waals surface area contributed by atoms with Gasteiger partial charge in [-0.1, -0.05) is 0 Å². The van der Waals surface area contributed by atoms with Gasteiger partial charge in [0.15, 0.2) is 0 Å². The smallest absolute Gasteiger partial charge is 0.410 e. The molecule has 9 nitrogen and oxygen atoms in total. The van der Waals surface area contributed by atoms with Gasteiger partial charge in [-0.15, -0.1) is 0 Å². The number of nitrogens with one attached hydrogen (secondary N) is 2. The summed E-state index contributed by atoms with van der Waals surface area (Å²) < 4.78 is 10.7. The van der Waals surface area contributed by atoms with Gasteiger partial charge >= 0.3 is 12.2 Å². The summed E-state index contributed by atoms with van der Waals surface area (Å²) >= 11 is 0. The topological polar surface area (TPSA) is 103 Å². The summed E-state index contributed by atoms with van der Waals surface area (Å²) in [6.07, 6.45) is -1.13. The van der Waals surface area contributed by atoms with Crippen LogP contribution in [0.2, 0.25) is 0 Å².